The number of rotatable bonds is 7. The maximum absolute atomic E-state index is 13.1. The lowest BCUT2D eigenvalue weighted by atomic mass is 10.1. The monoisotopic (exact) mass is 421 g/mol. The third-order valence-electron chi connectivity index (χ3n) is 4.85. The van der Waals surface area contributed by atoms with Crippen molar-refractivity contribution in [3.63, 3.8) is 0 Å². The Hall–Kier alpha value is -3.12. The van der Waals surface area contributed by atoms with Crippen molar-refractivity contribution in [2.24, 2.45) is 0 Å². The topological polar surface area (TPSA) is 46.6 Å². The van der Waals surface area contributed by atoms with Crippen LogP contribution in [0.25, 0.3) is 0 Å². The summed E-state index contributed by atoms with van der Waals surface area (Å²) in [5.74, 6) is 0.196. The third kappa shape index (κ3) is 4.89. The first-order chi connectivity index (χ1) is 14.6. The van der Waals surface area contributed by atoms with Crippen molar-refractivity contribution in [3.05, 3.63) is 101 Å². The number of hydrogen-bond acceptors (Lipinski definition) is 4. The number of carbonyl (C=O) groups excluding carboxylic acids is 2. The summed E-state index contributed by atoms with van der Waals surface area (Å²) in [6.45, 7) is 0.651. The standard InChI is InChI=1S/C24H20FNO3S/c25-20-10-6-18(7-11-20)15-26-23(27)22(30-24(26)28)14-17-8-12-21(13-9-17)29-16-19-4-2-1-3-5-19/h1-13,22H,14-16H2/t22-/m1/s1. The molecule has 1 fully saturated rings. The first kappa shape index (κ1) is 20.2. The van der Waals surface area contributed by atoms with Gasteiger partial charge in [-0.15, -0.1) is 0 Å². The van der Waals surface area contributed by atoms with Gasteiger partial charge in [0, 0.05) is 0 Å². The van der Waals surface area contributed by atoms with E-state index in [1.807, 2.05) is 54.6 Å². The van der Waals surface area contributed by atoms with E-state index in [0.717, 1.165) is 34.2 Å². The van der Waals surface area contributed by atoms with Gasteiger partial charge in [-0.2, -0.15) is 0 Å². The van der Waals surface area contributed by atoms with Gasteiger partial charge in [0.05, 0.1) is 11.8 Å². The van der Waals surface area contributed by atoms with Crippen molar-refractivity contribution in [1.29, 1.82) is 0 Å². The molecule has 1 aliphatic heterocycles. The number of imide groups is 1. The number of halogens is 1. The maximum Gasteiger partial charge on any atom is 0.289 e. The zero-order valence-electron chi connectivity index (χ0n) is 16.2. The molecule has 0 saturated carbocycles. The van der Waals surface area contributed by atoms with Crippen LogP contribution in [0.5, 0.6) is 5.75 Å². The van der Waals surface area contributed by atoms with Gasteiger partial charge in [0.2, 0.25) is 5.91 Å². The van der Waals surface area contributed by atoms with Gasteiger partial charge < -0.3 is 4.74 Å². The summed E-state index contributed by atoms with van der Waals surface area (Å²) in [5, 5.41) is -0.717. The van der Waals surface area contributed by atoms with E-state index in [-0.39, 0.29) is 23.5 Å². The molecule has 1 aliphatic rings. The van der Waals surface area contributed by atoms with Gasteiger partial charge in [0.15, 0.2) is 0 Å². The van der Waals surface area contributed by atoms with Crippen LogP contribution in [0.2, 0.25) is 0 Å². The summed E-state index contributed by atoms with van der Waals surface area (Å²) in [6.07, 6.45) is 0.466. The fourth-order valence-electron chi connectivity index (χ4n) is 3.22. The Morgan fingerprint density at radius 3 is 2.20 bits per heavy atom. The molecule has 1 heterocycles. The minimum absolute atomic E-state index is 0.160. The molecule has 0 aromatic heterocycles. The molecule has 0 bridgehead atoms. The lowest BCUT2D eigenvalue weighted by Crippen LogP contribution is -2.31. The molecule has 0 N–H and O–H groups in total. The van der Waals surface area contributed by atoms with E-state index in [0.29, 0.717) is 13.0 Å². The fourth-order valence-corrected chi connectivity index (χ4v) is 4.25. The van der Waals surface area contributed by atoms with Crippen LogP contribution in [0.15, 0.2) is 78.9 Å². The molecule has 2 amide bonds. The first-order valence-corrected chi connectivity index (χ1v) is 10.5. The van der Waals surface area contributed by atoms with Gasteiger partial charge in [-0.3, -0.25) is 14.5 Å². The SMILES string of the molecule is O=C1S[C@H](Cc2ccc(OCc3ccccc3)cc2)C(=O)N1Cc1ccc(F)cc1. The van der Waals surface area contributed by atoms with Gasteiger partial charge in [-0.1, -0.05) is 66.4 Å². The van der Waals surface area contributed by atoms with Gasteiger partial charge in [-0.25, -0.2) is 4.39 Å². The van der Waals surface area contributed by atoms with Crippen LogP contribution in [0, 0.1) is 5.82 Å². The van der Waals surface area contributed by atoms with Crippen molar-refractivity contribution in [3.8, 4) is 5.75 Å². The molecule has 3 aromatic rings. The smallest absolute Gasteiger partial charge is 0.289 e. The molecule has 3 aromatic carbocycles. The van der Waals surface area contributed by atoms with Crippen molar-refractivity contribution in [2.45, 2.75) is 24.8 Å². The molecule has 0 spiro atoms. The zero-order chi connectivity index (χ0) is 20.9. The Morgan fingerprint density at radius 1 is 0.833 bits per heavy atom. The van der Waals surface area contributed by atoms with E-state index in [2.05, 4.69) is 0 Å². The second-order valence-electron chi connectivity index (χ2n) is 7.05. The molecular formula is C24H20FNO3S. The van der Waals surface area contributed by atoms with Crippen LogP contribution in [-0.4, -0.2) is 21.3 Å². The Bertz CT molecular complexity index is 1020. The summed E-state index contributed by atoms with van der Waals surface area (Å²) in [7, 11) is 0. The number of thioether (sulfide) groups is 1. The highest BCUT2D eigenvalue weighted by molar-refractivity contribution is 8.15. The Labute approximate surface area is 178 Å². The van der Waals surface area contributed by atoms with Crippen molar-refractivity contribution in [2.75, 3.05) is 0 Å². The lowest BCUT2D eigenvalue weighted by Gasteiger charge is -2.14. The molecule has 0 unspecified atom stereocenters. The molecule has 30 heavy (non-hydrogen) atoms. The Balaban J connectivity index is 1.34. The molecule has 6 heteroatoms. The van der Waals surface area contributed by atoms with E-state index in [1.165, 1.54) is 17.0 Å². The summed E-state index contributed by atoms with van der Waals surface area (Å²) >= 11 is 1.04. The van der Waals surface area contributed by atoms with Crippen LogP contribution < -0.4 is 4.74 Å². The lowest BCUT2D eigenvalue weighted by molar-refractivity contribution is -0.127. The molecule has 1 saturated heterocycles. The van der Waals surface area contributed by atoms with E-state index < -0.39 is 5.25 Å². The van der Waals surface area contributed by atoms with Crippen LogP contribution in [-0.2, 0) is 24.4 Å². The normalized spacial score (nSPS) is 16.2. The zero-order valence-corrected chi connectivity index (χ0v) is 17.0. The van der Waals surface area contributed by atoms with Gasteiger partial charge in [0.1, 0.15) is 18.2 Å². The van der Waals surface area contributed by atoms with E-state index in [4.69, 9.17) is 4.74 Å². The molecule has 0 aliphatic carbocycles. The van der Waals surface area contributed by atoms with Crippen molar-refractivity contribution in [1.82, 2.24) is 4.90 Å². The molecule has 152 valence electrons. The quantitative estimate of drug-likeness (QED) is 0.525. The predicted molar refractivity (Wildman–Crippen MR) is 115 cm³/mol. The summed E-state index contributed by atoms with van der Waals surface area (Å²) in [6, 6.07) is 23.3. The highest BCUT2D eigenvalue weighted by Crippen LogP contribution is 2.31. The Kier molecular flexibility index (Phi) is 6.14. The summed E-state index contributed by atoms with van der Waals surface area (Å²) < 4.78 is 18.8. The van der Waals surface area contributed by atoms with Crippen LogP contribution in [0.4, 0.5) is 9.18 Å². The van der Waals surface area contributed by atoms with Gasteiger partial charge in [0.25, 0.3) is 5.24 Å². The highest BCUT2D eigenvalue weighted by atomic mass is 32.2. The molecule has 4 nitrogen and oxygen atoms in total. The largest absolute Gasteiger partial charge is 0.489 e. The minimum atomic E-state index is -0.450. The van der Waals surface area contributed by atoms with Gasteiger partial charge in [-0.05, 0) is 47.4 Å². The second-order valence-corrected chi connectivity index (χ2v) is 8.20. The number of nitrogens with zero attached hydrogens (tertiary/aromatic N) is 1. The average Bonchev–Trinajstić information content (AvgIpc) is 3.03. The van der Waals surface area contributed by atoms with Gasteiger partial charge >= 0.3 is 0 Å². The van der Waals surface area contributed by atoms with Crippen LogP contribution >= 0.6 is 11.8 Å². The Morgan fingerprint density at radius 2 is 1.50 bits per heavy atom. The average molecular weight is 421 g/mol. The van der Waals surface area contributed by atoms with Crippen LogP contribution in [0.1, 0.15) is 16.7 Å². The first-order valence-electron chi connectivity index (χ1n) is 9.60. The van der Waals surface area contributed by atoms with Crippen LogP contribution in [0.3, 0.4) is 0 Å². The maximum atomic E-state index is 13.1. The van der Waals surface area contributed by atoms with E-state index in [9.17, 15) is 14.0 Å². The minimum Gasteiger partial charge on any atom is -0.489 e. The summed E-state index contributed by atoms with van der Waals surface area (Å²) in [5.41, 5.74) is 2.78. The molecule has 1 atom stereocenters. The van der Waals surface area contributed by atoms with Crippen molar-refractivity contribution >= 4 is 22.9 Å². The van der Waals surface area contributed by atoms with E-state index in [1.54, 1.807) is 12.1 Å². The second kappa shape index (κ2) is 9.13. The summed E-state index contributed by atoms with van der Waals surface area (Å²) in [4.78, 5) is 26.2. The third-order valence-corrected chi connectivity index (χ3v) is 5.93. The van der Waals surface area contributed by atoms with Crippen molar-refractivity contribution < 1.29 is 18.7 Å². The molecular weight excluding hydrogens is 401 g/mol. The highest BCUT2D eigenvalue weighted by Gasteiger charge is 2.39. The number of ether oxygens (including phenoxy) is 1. The number of carbonyl (C=O) groups is 2. The number of hydrogen-bond donors (Lipinski definition) is 0. The number of benzene rings is 3. The van der Waals surface area contributed by atoms with E-state index >= 15 is 0 Å². The molecule has 4 rings (SSSR count). The predicted octanol–water partition coefficient (Wildman–Crippen LogP) is 5.21. The number of amides is 2. The fraction of sp³-hybridized carbons (Fsp3) is 0.167. The molecule has 0 radical (unpaired) electrons.